The largest absolute Gasteiger partial charge is 0.469 e. The van der Waals surface area contributed by atoms with Crippen molar-refractivity contribution in [3.05, 3.63) is 53.9 Å². The topological polar surface area (TPSA) is 47.4 Å². The molecule has 0 unspecified atom stereocenters. The lowest BCUT2D eigenvalue weighted by Crippen LogP contribution is -2.57. The number of nitrogens with zero attached hydrogens (tertiary/aromatic N) is 3. The molecule has 0 amide bonds. The second-order valence-electron chi connectivity index (χ2n) is 8.56. The average molecular weight is 353 g/mol. The Kier molecular flexibility index (Phi) is 4.14. The molecule has 2 heterocycles. The van der Waals surface area contributed by atoms with Crippen molar-refractivity contribution in [3.8, 4) is 0 Å². The number of aromatic nitrogens is 2. The third-order valence-electron chi connectivity index (χ3n) is 6.22. The molecule has 4 rings (SSSR count). The quantitative estimate of drug-likeness (QED) is 0.776. The summed E-state index contributed by atoms with van der Waals surface area (Å²) < 4.78 is 7.09. The van der Waals surface area contributed by atoms with Crippen LogP contribution in [0.3, 0.4) is 0 Å². The van der Waals surface area contributed by atoms with Crippen LogP contribution < -0.4 is 0 Å². The summed E-state index contributed by atoms with van der Waals surface area (Å²) in [7, 11) is 1.51. The second-order valence-corrected chi connectivity index (χ2v) is 8.56. The van der Waals surface area contributed by atoms with Gasteiger partial charge in [0.1, 0.15) is 0 Å². The molecule has 1 aliphatic heterocycles. The maximum atomic E-state index is 12.5. The number of carbonyl (C=O) groups excluding carboxylic acids is 1. The first-order chi connectivity index (χ1) is 12.4. The summed E-state index contributed by atoms with van der Waals surface area (Å²) in [6.45, 7) is 7.96. The maximum Gasteiger partial charge on any atom is 0.313 e. The number of hydrogen-bond donors (Lipinski definition) is 0. The Labute approximate surface area is 154 Å². The molecule has 2 aliphatic rings. The number of rotatable bonds is 5. The van der Waals surface area contributed by atoms with E-state index in [4.69, 9.17) is 4.74 Å². The van der Waals surface area contributed by atoms with Gasteiger partial charge in [0.25, 0.3) is 0 Å². The predicted molar refractivity (Wildman–Crippen MR) is 99.4 cm³/mol. The maximum absolute atomic E-state index is 12.5. The molecule has 0 radical (unpaired) electrons. The van der Waals surface area contributed by atoms with Crippen LogP contribution in [0.5, 0.6) is 0 Å². The van der Waals surface area contributed by atoms with E-state index in [1.165, 1.54) is 18.2 Å². The number of esters is 1. The first-order valence-corrected chi connectivity index (χ1v) is 9.29. The molecule has 1 aromatic carbocycles. The van der Waals surface area contributed by atoms with Gasteiger partial charge in [-0.3, -0.25) is 14.4 Å². The SMILES string of the molecule is COC(=O)[C@@]12CN(Cc3cccc(Cn4cccn4)c3)C[C@@H]1C(C)(C)C2. The van der Waals surface area contributed by atoms with Crippen molar-refractivity contribution in [1.82, 2.24) is 14.7 Å². The molecule has 2 fully saturated rings. The van der Waals surface area contributed by atoms with Gasteiger partial charge in [0.05, 0.1) is 19.1 Å². The summed E-state index contributed by atoms with van der Waals surface area (Å²) in [5, 5.41) is 4.28. The lowest BCUT2D eigenvalue weighted by atomic mass is 9.48. The Morgan fingerprint density at radius 3 is 2.69 bits per heavy atom. The van der Waals surface area contributed by atoms with E-state index < -0.39 is 0 Å². The summed E-state index contributed by atoms with van der Waals surface area (Å²) in [5.41, 5.74) is 2.45. The zero-order chi connectivity index (χ0) is 18.4. The smallest absolute Gasteiger partial charge is 0.313 e. The molecule has 2 atom stereocenters. The second kappa shape index (κ2) is 6.23. The van der Waals surface area contributed by atoms with Gasteiger partial charge < -0.3 is 4.74 Å². The third-order valence-corrected chi connectivity index (χ3v) is 6.22. The van der Waals surface area contributed by atoms with Crippen molar-refractivity contribution in [2.24, 2.45) is 16.7 Å². The average Bonchev–Trinajstić information content (AvgIpc) is 3.21. The molecule has 26 heavy (non-hydrogen) atoms. The van der Waals surface area contributed by atoms with Gasteiger partial charge in [-0.25, -0.2) is 0 Å². The zero-order valence-corrected chi connectivity index (χ0v) is 15.8. The van der Waals surface area contributed by atoms with Crippen LogP contribution in [0.15, 0.2) is 42.7 Å². The van der Waals surface area contributed by atoms with Gasteiger partial charge in [-0.05, 0) is 34.9 Å². The minimum absolute atomic E-state index is 0.0308. The minimum Gasteiger partial charge on any atom is -0.469 e. The fourth-order valence-corrected chi connectivity index (χ4v) is 5.25. The van der Waals surface area contributed by atoms with Crippen LogP contribution in [0.25, 0.3) is 0 Å². The highest BCUT2D eigenvalue weighted by atomic mass is 16.5. The standard InChI is InChI=1S/C21H27N3O2/c1-20(2)14-21(19(25)26-3)15-23(13-18(20)21)11-16-6-4-7-17(10-16)12-24-9-5-8-22-24/h4-10,18H,11-15H2,1-3H3/t18-,21+/m1/s1. The molecular formula is C21H27N3O2. The van der Waals surface area contributed by atoms with Crippen LogP contribution in [0.1, 0.15) is 31.4 Å². The first-order valence-electron chi connectivity index (χ1n) is 9.29. The van der Waals surface area contributed by atoms with E-state index in [0.29, 0.717) is 5.92 Å². The van der Waals surface area contributed by atoms with Gasteiger partial charge in [0.2, 0.25) is 0 Å². The number of fused-ring (bicyclic) bond motifs is 1. The highest BCUT2D eigenvalue weighted by Crippen LogP contribution is 2.63. The lowest BCUT2D eigenvalue weighted by molar-refractivity contribution is -0.174. The Hall–Kier alpha value is -2.14. The number of hydrogen-bond acceptors (Lipinski definition) is 4. The van der Waals surface area contributed by atoms with Crippen LogP contribution >= 0.6 is 0 Å². The summed E-state index contributed by atoms with van der Waals surface area (Å²) >= 11 is 0. The molecule has 1 saturated heterocycles. The molecule has 1 saturated carbocycles. The molecule has 0 spiro atoms. The normalized spacial score (nSPS) is 27.0. The molecule has 0 bridgehead atoms. The zero-order valence-electron chi connectivity index (χ0n) is 15.8. The first kappa shape index (κ1) is 17.3. The molecule has 1 aromatic heterocycles. The third kappa shape index (κ3) is 2.84. The molecule has 1 aliphatic carbocycles. The predicted octanol–water partition coefficient (Wildman–Crippen LogP) is 2.95. The molecule has 5 heteroatoms. The molecule has 0 N–H and O–H groups in total. The van der Waals surface area contributed by atoms with Crippen molar-refractivity contribution >= 4 is 5.97 Å². The summed E-state index contributed by atoms with van der Waals surface area (Å²) in [6.07, 6.45) is 4.71. The molecule has 5 nitrogen and oxygen atoms in total. The highest BCUT2D eigenvalue weighted by Gasteiger charge is 2.67. The Morgan fingerprint density at radius 2 is 2.04 bits per heavy atom. The summed E-state index contributed by atoms with van der Waals surface area (Å²) in [5.74, 6) is 0.353. The van der Waals surface area contributed by atoms with E-state index in [-0.39, 0.29) is 16.8 Å². The minimum atomic E-state index is -0.301. The van der Waals surface area contributed by atoms with Gasteiger partial charge in [-0.2, -0.15) is 5.10 Å². The van der Waals surface area contributed by atoms with Gasteiger partial charge in [0, 0.05) is 32.0 Å². The van der Waals surface area contributed by atoms with Crippen LogP contribution in [0.4, 0.5) is 0 Å². The van der Waals surface area contributed by atoms with Crippen LogP contribution in [-0.4, -0.2) is 40.8 Å². The van der Waals surface area contributed by atoms with Crippen molar-refractivity contribution in [2.75, 3.05) is 20.2 Å². The molecular weight excluding hydrogens is 326 g/mol. The monoisotopic (exact) mass is 353 g/mol. The van der Waals surface area contributed by atoms with E-state index in [9.17, 15) is 4.79 Å². The van der Waals surface area contributed by atoms with Gasteiger partial charge >= 0.3 is 5.97 Å². The number of benzene rings is 1. The van der Waals surface area contributed by atoms with E-state index >= 15 is 0 Å². The lowest BCUT2D eigenvalue weighted by Gasteiger charge is -2.54. The molecule has 138 valence electrons. The van der Waals surface area contributed by atoms with Gasteiger partial charge in [0.15, 0.2) is 0 Å². The fraction of sp³-hybridized carbons (Fsp3) is 0.524. The van der Waals surface area contributed by atoms with Crippen molar-refractivity contribution in [3.63, 3.8) is 0 Å². The number of methoxy groups -OCH3 is 1. The fourth-order valence-electron chi connectivity index (χ4n) is 5.25. The summed E-state index contributed by atoms with van der Waals surface area (Å²) in [4.78, 5) is 14.9. The highest BCUT2D eigenvalue weighted by molar-refractivity contribution is 5.80. The van der Waals surface area contributed by atoms with E-state index in [1.807, 2.05) is 16.9 Å². The number of ether oxygens (including phenoxy) is 1. The molecule has 2 aromatic rings. The Bertz CT molecular complexity index is 799. The van der Waals surface area contributed by atoms with Gasteiger partial charge in [-0.15, -0.1) is 0 Å². The Morgan fingerprint density at radius 1 is 1.27 bits per heavy atom. The van der Waals surface area contributed by atoms with E-state index in [2.05, 4.69) is 48.1 Å². The van der Waals surface area contributed by atoms with Crippen molar-refractivity contribution < 1.29 is 9.53 Å². The van der Waals surface area contributed by atoms with Crippen molar-refractivity contribution in [2.45, 2.75) is 33.4 Å². The van der Waals surface area contributed by atoms with Crippen LogP contribution in [0.2, 0.25) is 0 Å². The van der Waals surface area contributed by atoms with Crippen LogP contribution in [0, 0.1) is 16.7 Å². The van der Waals surface area contributed by atoms with Crippen LogP contribution in [-0.2, 0) is 22.6 Å². The number of carbonyl (C=O) groups is 1. The number of likely N-dealkylation sites (tertiary alicyclic amines) is 1. The van der Waals surface area contributed by atoms with Crippen molar-refractivity contribution in [1.29, 1.82) is 0 Å². The van der Waals surface area contributed by atoms with E-state index in [0.717, 1.165) is 32.6 Å². The Balaban J connectivity index is 1.47. The summed E-state index contributed by atoms with van der Waals surface area (Å²) in [6, 6.07) is 10.6. The van der Waals surface area contributed by atoms with Gasteiger partial charge in [-0.1, -0.05) is 38.1 Å². The van der Waals surface area contributed by atoms with E-state index in [1.54, 1.807) is 6.20 Å².